The van der Waals surface area contributed by atoms with Gasteiger partial charge in [-0.2, -0.15) is 0 Å². The molecule has 6 nitrogen and oxygen atoms in total. The maximum absolute atomic E-state index is 5.58. The summed E-state index contributed by atoms with van der Waals surface area (Å²) in [5.74, 6) is 1.78. The molecule has 0 spiro atoms. The zero-order chi connectivity index (χ0) is 62.3. The Kier molecular flexibility index (Phi) is 10.9. The third kappa shape index (κ3) is 7.36. The van der Waals surface area contributed by atoms with Crippen molar-refractivity contribution in [1.82, 2.24) is 28.2 Å². The van der Waals surface area contributed by atoms with Crippen LogP contribution in [0, 0.1) is 0 Å². The van der Waals surface area contributed by atoms with Gasteiger partial charge >= 0.3 is 0 Å². The summed E-state index contributed by atoms with van der Waals surface area (Å²) < 4.78 is 9.57. The molecule has 0 aliphatic heterocycles. The van der Waals surface area contributed by atoms with Gasteiger partial charge in [-0.3, -0.25) is 9.13 Å². The van der Waals surface area contributed by atoms with Crippen molar-refractivity contribution in [2.24, 2.45) is 0 Å². The predicted octanol–water partition coefficient (Wildman–Crippen LogP) is 22.5. The second-order valence-corrected chi connectivity index (χ2v) is 26.9. The summed E-state index contributed by atoms with van der Waals surface area (Å²) in [4.78, 5) is 11.0. The lowest BCUT2D eigenvalue weighted by Crippen LogP contribution is -2.15. The molecular weight excluding hydrogens is 1140 g/mol. The van der Waals surface area contributed by atoms with Crippen LogP contribution in [0.3, 0.4) is 0 Å². The van der Waals surface area contributed by atoms with Gasteiger partial charge in [0.1, 0.15) is 11.6 Å². The number of benzene rings is 12. The number of pyridine rings is 2. The molecule has 94 heavy (non-hydrogen) atoms. The van der Waals surface area contributed by atoms with E-state index in [2.05, 4.69) is 337 Å². The Hall–Kier alpha value is -11.9. The van der Waals surface area contributed by atoms with Crippen LogP contribution in [-0.2, 0) is 10.8 Å². The molecule has 0 amide bonds. The molecule has 0 atom stereocenters. The van der Waals surface area contributed by atoms with E-state index in [0.29, 0.717) is 0 Å². The van der Waals surface area contributed by atoms with Crippen LogP contribution < -0.4 is 0 Å². The van der Waals surface area contributed by atoms with Gasteiger partial charge in [-0.05, 0) is 165 Å². The van der Waals surface area contributed by atoms with Crippen molar-refractivity contribution in [3.8, 4) is 78.9 Å². The van der Waals surface area contributed by atoms with Gasteiger partial charge in [-0.1, -0.05) is 210 Å². The molecule has 20 rings (SSSR count). The van der Waals surface area contributed by atoms with Crippen molar-refractivity contribution < 1.29 is 0 Å². The van der Waals surface area contributed by atoms with Crippen molar-refractivity contribution in [1.29, 1.82) is 0 Å². The van der Waals surface area contributed by atoms with Crippen LogP contribution in [-0.4, -0.2) is 28.2 Å². The molecule has 0 saturated heterocycles. The Morgan fingerprint density at radius 1 is 0.234 bits per heavy atom. The largest absolute Gasteiger partial charge is 0.309 e. The normalized spacial score (nSPS) is 13.7. The Morgan fingerprint density at radius 2 is 0.628 bits per heavy atom. The fourth-order valence-corrected chi connectivity index (χ4v) is 16.8. The lowest BCUT2D eigenvalue weighted by atomic mass is 9.81. The molecule has 18 aromatic rings. The molecule has 0 fully saturated rings. The molecule has 442 valence electrons. The third-order valence-corrected chi connectivity index (χ3v) is 21.2. The third-order valence-electron chi connectivity index (χ3n) is 21.2. The van der Waals surface area contributed by atoms with E-state index in [1.807, 2.05) is 0 Å². The van der Waals surface area contributed by atoms with Gasteiger partial charge in [0.05, 0.1) is 55.5 Å². The molecule has 12 aromatic carbocycles. The highest BCUT2D eigenvalue weighted by atomic mass is 15.1. The monoisotopic (exact) mass is 1200 g/mol. The Bertz CT molecular complexity index is 6260. The first-order chi connectivity index (χ1) is 46.1. The van der Waals surface area contributed by atoms with Gasteiger partial charge in [0.25, 0.3) is 0 Å². The number of hydrogen-bond donors (Lipinski definition) is 0. The van der Waals surface area contributed by atoms with Gasteiger partial charge in [0, 0.05) is 76.4 Å². The average molecular weight is 1200 g/mol. The van der Waals surface area contributed by atoms with Crippen molar-refractivity contribution >= 4 is 87.2 Å². The van der Waals surface area contributed by atoms with Crippen LogP contribution in [0.2, 0.25) is 0 Å². The molecule has 2 aliphatic rings. The number of nitrogens with zero attached hydrogens (tertiary/aromatic N) is 6. The van der Waals surface area contributed by atoms with Gasteiger partial charge in [0.2, 0.25) is 0 Å². The molecule has 0 unspecified atom stereocenters. The molecule has 0 N–H and O–H groups in total. The highest BCUT2D eigenvalue weighted by molar-refractivity contribution is 6.17. The van der Waals surface area contributed by atoms with Gasteiger partial charge in [0.15, 0.2) is 0 Å². The van der Waals surface area contributed by atoms with Gasteiger partial charge in [-0.25, -0.2) is 9.97 Å². The quantitative estimate of drug-likeness (QED) is 0.160. The lowest BCUT2D eigenvalue weighted by molar-refractivity contribution is 0.660. The second kappa shape index (κ2) is 19.3. The van der Waals surface area contributed by atoms with Crippen LogP contribution in [0.4, 0.5) is 0 Å². The van der Waals surface area contributed by atoms with Crippen molar-refractivity contribution in [2.45, 2.75) is 38.5 Å². The van der Waals surface area contributed by atoms with Crippen LogP contribution in [0.15, 0.2) is 291 Å². The summed E-state index contributed by atoms with van der Waals surface area (Å²) in [6, 6.07) is 107. The Balaban J connectivity index is 0.653. The van der Waals surface area contributed by atoms with E-state index >= 15 is 0 Å². The number of hydrogen-bond acceptors (Lipinski definition) is 2. The Labute approximate surface area is 543 Å². The van der Waals surface area contributed by atoms with E-state index < -0.39 is 0 Å². The molecular formula is C88H60N6. The summed E-state index contributed by atoms with van der Waals surface area (Å²) in [5.41, 5.74) is 28.2. The molecule has 2 aliphatic carbocycles. The van der Waals surface area contributed by atoms with E-state index in [4.69, 9.17) is 9.97 Å². The molecule has 0 bridgehead atoms. The molecule has 6 heteroatoms. The maximum atomic E-state index is 5.58. The number of rotatable bonds is 7. The minimum absolute atomic E-state index is 0.114. The smallest absolute Gasteiger partial charge is 0.138 e. The first kappa shape index (κ1) is 52.9. The lowest BCUT2D eigenvalue weighted by Gasteiger charge is -2.23. The Morgan fingerprint density at radius 3 is 1.24 bits per heavy atom. The number of fused-ring (bicyclic) bond motifs is 18. The molecule has 6 heterocycles. The first-order valence-corrected chi connectivity index (χ1v) is 32.7. The van der Waals surface area contributed by atoms with E-state index in [1.54, 1.807) is 0 Å². The van der Waals surface area contributed by atoms with Crippen molar-refractivity contribution in [2.75, 3.05) is 0 Å². The highest BCUT2D eigenvalue weighted by Gasteiger charge is 2.38. The van der Waals surface area contributed by atoms with Gasteiger partial charge < -0.3 is 9.13 Å². The van der Waals surface area contributed by atoms with Crippen LogP contribution in [0.5, 0.6) is 0 Å². The standard InChI is InChI=1S/C88H60N6/c1-87(2)70-27-11-5-20-59(70)61-45-42-57(52-72(61)87)92-76-30-12-6-23-65(76)67-44-39-55(50-83(67)92)75-29-19-37-85(90-75)94-80-34-16-10-25-68(80)86-58(26-17-35-82(86)94)53-38-43-60-62-46-41-56(51-73(62)88(3,4)71(60)49-53)91-77-31-13-9-24-66(77)69-48-54(40-47-81(69)91)74-28-18-36-84(89-74)93-78-32-14-7-21-63(78)64-22-8-15-33-79(64)93/h5-52H,1-4H3. The first-order valence-electron chi connectivity index (χ1n) is 32.7. The minimum atomic E-state index is -0.288. The van der Waals surface area contributed by atoms with Crippen LogP contribution >= 0.6 is 0 Å². The summed E-state index contributed by atoms with van der Waals surface area (Å²) in [5, 5.41) is 9.73. The summed E-state index contributed by atoms with van der Waals surface area (Å²) in [6.45, 7) is 9.52. The average Bonchev–Trinajstić information content (AvgIpc) is 1.57. The number of aromatic nitrogens is 6. The minimum Gasteiger partial charge on any atom is -0.309 e. The van der Waals surface area contributed by atoms with Crippen molar-refractivity contribution in [3.05, 3.63) is 313 Å². The molecule has 6 aromatic heterocycles. The summed E-state index contributed by atoms with van der Waals surface area (Å²) in [7, 11) is 0. The predicted molar refractivity (Wildman–Crippen MR) is 391 cm³/mol. The van der Waals surface area contributed by atoms with E-state index in [0.717, 1.165) is 78.6 Å². The summed E-state index contributed by atoms with van der Waals surface area (Å²) in [6.07, 6.45) is 0. The highest BCUT2D eigenvalue weighted by Crippen LogP contribution is 2.53. The van der Waals surface area contributed by atoms with Crippen LogP contribution in [0.1, 0.15) is 49.9 Å². The fourth-order valence-electron chi connectivity index (χ4n) is 16.8. The number of para-hydroxylation sites is 5. The topological polar surface area (TPSA) is 45.5 Å². The summed E-state index contributed by atoms with van der Waals surface area (Å²) >= 11 is 0. The molecule has 0 saturated carbocycles. The molecule has 0 radical (unpaired) electrons. The van der Waals surface area contributed by atoms with Gasteiger partial charge in [-0.15, -0.1) is 0 Å². The maximum Gasteiger partial charge on any atom is 0.138 e. The van der Waals surface area contributed by atoms with E-state index in [9.17, 15) is 0 Å². The van der Waals surface area contributed by atoms with Crippen LogP contribution in [0.25, 0.3) is 166 Å². The van der Waals surface area contributed by atoms with E-state index in [-0.39, 0.29) is 10.8 Å². The zero-order valence-corrected chi connectivity index (χ0v) is 52.4. The fraction of sp³-hybridized carbons (Fsp3) is 0.0682. The van der Waals surface area contributed by atoms with Crippen molar-refractivity contribution in [3.63, 3.8) is 0 Å². The van der Waals surface area contributed by atoms with E-state index in [1.165, 1.54) is 110 Å². The zero-order valence-electron chi connectivity index (χ0n) is 52.4. The second-order valence-electron chi connectivity index (χ2n) is 26.9. The SMILES string of the molecule is CC1(C)c2ccccc2-c2ccc(-n3c4ccccc4c4ccc(-c5cccc(-n6c7ccccc7c7c(-c8ccc9c(c8)C(C)(C)c8cc(-n%10c%11ccccc%11c%11cc(-c%12cccc(-n%13c%14ccccc%14c%14ccccc%14%13)n%12)ccc%11%10)ccc8-9)cccc76)n5)cc43)cc21.